The molecule has 1 saturated carbocycles. The fraction of sp³-hybridized carbons (Fsp3) is 0.409. The molecule has 0 heterocycles. The zero-order chi connectivity index (χ0) is 18.0. The van der Waals surface area contributed by atoms with Crippen molar-refractivity contribution in [3.63, 3.8) is 0 Å². The maximum atomic E-state index is 12.9. The lowest BCUT2D eigenvalue weighted by atomic mass is 9.92. The van der Waals surface area contributed by atoms with Crippen LogP contribution in [0.2, 0.25) is 0 Å². The van der Waals surface area contributed by atoms with Crippen LogP contribution in [0.25, 0.3) is 0 Å². The molecule has 0 saturated heterocycles. The van der Waals surface area contributed by atoms with Gasteiger partial charge in [0, 0.05) is 12.2 Å². The maximum absolute atomic E-state index is 12.9. The van der Waals surface area contributed by atoms with E-state index < -0.39 is 0 Å². The Morgan fingerprint density at radius 3 is 2.16 bits per heavy atom. The number of carbonyl (C=O) groups is 1. The smallest absolute Gasteiger partial charge is 0.235 e. The van der Waals surface area contributed by atoms with Crippen molar-refractivity contribution in [2.24, 2.45) is 0 Å². The Hall–Kier alpha value is -2.13. The third kappa shape index (κ3) is 4.10. The molecular formula is C22H28N2O. The molecule has 25 heavy (non-hydrogen) atoms. The van der Waals surface area contributed by atoms with Gasteiger partial charge in [0.05, 0.1) is 5.41 Å². The van der Waals surface area contributed by atoms with Gasteiger partial charge in [-0.05, 0) is 70.5 Å². The predicted molar refractivity (Wildman–Crippen MR) is 104 cm³/mol. The normalized spacial score (nSPS) is 15.2. The monoisotopic (exact) mass is 336 g/mol. The summed E-state index contributed by atoms with van der Waals surface area (Å²) in [6.07, 6.45) is 2.89. The fourth-order valence-corrected chi connectivity index (χ4v) is 3.38. The zero-order valence-corrected chi connectivity index (χ0v) is 15.7. The van der Waals surface area contributed by atoms with Gasteiger partial charge in [0.15, 0.2) is 0 Å². The van der Waals surface area contributed by atoms with Crippen LogP contribution in [0.5, 0.6) is 0 Å². The molecule has 2 aromatic rings. The van der Waals surface area contributed by atoms with Crippen molar-refractivity contribution in [3.05, 3.63) is 64.7 Å². The molecule has 1 fully saturated rings. The minimum Gasteiger partial charge on any atom is -0.325 e. The van der Waals surface area contributed by atoms with Gasteiger partial charge in [-0.1, -0.05) is 41.5 Å². The number of hydrogen-bond acceptors (Lipinski definition) is 2. The van der Waals surface area contributed by atoms with E-state index in [2.05, 4.69) is 68.5 Å². The summed E-state index contributed by atoms with van der Waals surface area (Å²) in [5, 5.41) is 3.12. The molecule has 3 heteroatoms. The van der Waals surface area contributed by atoms with Gasteiger partial charge >= 0.3 is 0 Å². The average molecular weight is 336 g/mol. The number of aryl methyl sites for hydroxylation is 2. The van der Waals surface area contributed by atoms with Crippen LogP contribution in [0.3, 0.4) is 0 Å². The van der Waals surface area contributed by atoms with E-state index >= 15 is 0 Å². The molecule has 0 atom stereocenters. The van der Waals surface area contributed by atoms with Gasteiger partial charge in [0.25, 0.3) is 0 Å². The Bertz CT molecular complexity index is 738. The highest BCUT2D eigenvalue weighted by atomic mass is 16.2. The van der Waals surface area contributed by atoms with Crippen LogP contribution in [0, 0.1) is 13.8 Å². The van der Waals surface area contributed by atoms with Gasteiger partial charge in [-0.25, -0.2) is 0 Å². The molecule has 0 unspecified atom stereocenters. The summed E-state index contributed by atoms with van der Waals surface area (Å²) in [5.74, 6) is 0.124. The van der Waals surface area contributed by atoms with Crippen LogP contribution in [0.4, 0.5) is 5.69 Å². The van der Waals surface area contributed by atoms with E-state index in [0.717, 1.165) is 37.1 Å². The molecule has 1 aliphatic rings. The Morgan fingerprint density at radius 2 is 1.64 bits per heavy atom. The molecule has 2 aromatic carbocycles. The number of likely N-dealkylation sites (N-methyl/N-ethyl adjacent to an activating group) is 1. The number of benzene rings is 2. The quantitative estimate of drug-likeness (QED) is 0.862. The van der Waals surface area contributed by atoms with Crippen LogP contribution in [0.1, 0.15) is 35.1 Å². The first-order chi connectivity index (χ1) is 11.9. The molecular weight excluding hydrogens is 308 g/mol. The third-order valence-corrected chi connectivity index (χ3v) is 5.02. The highest BCUT2D eigenvalue weighted by Gasteiger charge is 2.51. The largest absolute Gasteiger partial charge is 0.325 e. The molecule has 0 bridgehead atoms. The SMILES string of the molecule is Cc1cc(C)cc(C2(C(=O)Nc3ccc(CCN(C)C)cc3)CC2)c1. The van der Waals surface area contributed by atoms with Crippen LogP contribution in [-0.2, 0) is 16.6 Å². The topological polar surface area (TPSA) is 32.3 Å². The lowest BCUT2D eigenvalue weighted by Gasteiger charge is -2.17. The molecule has 0 aliphatic heterocycles. The van der Waals surface area contributed by atoms with E-state index in [1.165, 1.54) is 16.7 Å². The van der Waals surface area contributed by atoms with Crippen LogP contribution >= 0.6 is 0 Å². The van der Waals surface area contributed by atoms with Gasteiger partial charge in [-0.3, -0.25) is 4.79 Å². The number of nitrogens with zero attached hydrogens (tertiary/aromatic N) is 1. The third-order valence-electron chi connectivity index (χ3n) is 5.02. The summed E-state index contributed by atoms with van der Waals surface area (Å²) < 4.78 is 0. The molecule has 0 radical (unpaired) electrons. The summed E-state index contributed by atoms with van der Waals surface area (Å²) in [4.78, 5) is 15.1. The molecule has 0 aromatic heterocycles. The number of rotatable bonds is 6. The zero-order valence-electron chi connectivity index (χ0n) is 15.7. The van der Waals surface area contributed by atoms with Crippen molar-refractivity contribution in [3.8, 4) is 0 Å². The average Bonchev–Trinajstić information content (AvgIpc) is 3.35. The Morgan fingerprint density at radius 1 is 1.04 bits per heavy atom. The van der Waals surface area contributed by atoms with E-state index in [1.807, 2.05) is 12.1 Å². The van der Waals surface area contributed by atoms with Gasteiger partial charge < -0.3 is 10.2 Å². The maximum Gasteiger partial charge on any atom is 0.235 e. The highest BCUT2D eigenvalue weighted by molar-refractivity contribution is 6.01. The summed E-state index contributed by atoms with van der Waals surface area (Å²) in [5.41, 5.74) is 5.44. The second-order valence-corrected chi connectivity index (χ2v) is 7.66. The van der Waals surface area contributed by atoms with Crippen molar-refractivity contribution in [1.29, 1.82) is 0 Å². The van der Waals surface area contributed by atoms with Crippen LogP contribution < -0.4 is 5.32 Å². The molecule has 3 nitrogen and oxygen atoms in total. The standard InChI is InChI=1S/C22H28N2O/c1-16-13-17(2)15-19(14-16)22(10-11-22)21(25)23-20-7-5-18(6-8-20)9-12-24(3)4/h5-8,13-15H,9-12H2,1-4H3,(H,23,25). The van der Waals surface area contributed by atoms with E-state index in [-0.39, 0.29) is 11.3 Å². The molecule has 1 amide bonds. The van der Waals surface area contributed by atoms with Crippen molar-refractivity contribution in [2.75, 3.05) is 26.0 Å². The first-order valence-electron chi connectivity index (χ1n) is 9.03. The van der Waals surface area contributed by atoms with Crippen molar-refractivity contribution in [1.82, 2.24) is 4.90 Å². The van der Waals surface area contributed by atoms with Gasteiger partial charge in [0.2, 0.25) is 5.91 Å². The highest BCUT2D eigenvalue weighted by Crippen LogP contribution is 2.49. The Kier molecular flexibility index (Phi) is 4.96. The molecule has 1 N–H and O–H groups in total. The molecule has 132 valence electrons. The van der Waals surface area contributed by atoms with Gasteiger partial charge in [-0.2, -0.15) is 0 Å². The van der Waals surface area contributed by atoms with Gasteiger partial charge in [-0.15, -0.1) is 0 Å². The Labute approximate surface area is 151 Å². The summed E-state index contributed by atoms with van der Waals surface area (Å²) in [7, 11) is 4.16. The fourth-order valence-electron chi connectivity index (χ4n) is 3.38. The van der Waals surface area contributed by atoms with Crippen LogP contribution in [-0.4, -0.2) is 31.4 Å². The van der Waals surface area contributed by atoms with Gasteiger partial charge in [0.1, 0.15) is 0 Å². The number of hydrogen-bond donors (Lipinski definition) is 1. The Balaban J connectivity index is 1.69. The van der Waals surface area contributed by atoms with E-state index in [0.29, 0.717) is 0 Å². The van der Waals surface area contributed by atoms with E-state index in [4.69, 9.17) is 0 Å². The number of amides is 1. The molecule has 3 rings (SSSR count). The minimum absolute atomic E-state index is 0.124. The number of nitrogens with one attached hydrogen (secondary N) is 1. The van der Waals surface area contributed by atoms with E-state index in [9.17, 15) is 4.79 Å². The molecule has 0 spiro atoms. The second kappa shape index (κ2) is 7.01. The summed E-state index contributed by atoms with van der Waals surface area (Å²) in [6.45, 7) is 5.22. The number of carbonyl (C=O) groups excluding carboxylic acids is 1. The summed E-state index contributed by atoms with van der Waals surface area (Å²) in [6, 6.07) is 14.7. The number of anilines is 1. The van der Waals surface area contributed by atoms with Crippen LogP contribution in [0.15, 0.2) is 42.5 Å². The first-order valence-corrected chi connectivity index (χ1v) is 9.03. The lowest BCUT2D eigenvalue weighted by molar-refractivity contribution is -0.118. The van der Waals surface area contributed by atoms with E-state index in [1.54, 1.807) is 0 Å². The summed E-state index contributed by atoms with van der Waals surface area (Å²) >= 11 is 0. The molecule has 1 aliphatic carbocycles. The van der Waals surface area contributed by atoms with Crippen molar-refractivity contribution >= 4 is 11.6 Å². The van der Waals surface area contributed by atoms with Crippen molar-refractivity contribution < 1.29 is 4.79 Å². The second-order valence-electron chi connectivity index (χ2n) is 7.66. The predicted octanol–water partition coefficient (Wildman–Crippen LogP) is 4.08. The minimum atomic E-state index is -0.333. The lowest BCUT2D eigenvalue weighted by Crippen LogP contribution is -2.28. The van der Waals surface area contributed by atoms with Crippen molar-refractivity contribution in [2.45, 2.75) is 38.5 Å². The first kappa shape index (κ1) is 17.7.